The minimum atomic E-state index is -0.942. The Morgan fingerprint density at radius 3 is 2.86 bits per heavy atom. The highest BCUT2D eigenvalue weighted by Gasteiger charge is 2.30. The zero-order chi connectivity index (χ0) is 16.3. The molecule has 1 fully saturated rings. The van der Waals surface area contributed by atoms with E-state index in [9.17, 15) is 14.4 Å². The van der Waals surface area contributed by atoms with Crippen molar-refractivity contribution in [2.45, 2.75) is 31.9 Å². The monoisotopic (exact) mass is 326 g/mol. The van der Waals surface area contributed by atoms with E-state index in [1.807, 2.05) is 0 Å². The van der Waals surface area contributed by atoms with Crippen LogP contribution in [0.15, 0.2) is 18.2 Å². The van der Waals surface area contributed by atoms with Crippen LogP contribution >= 0.6 is 11.6 Å². The predicted molar refractivity (Wildman–Crippen MR) is 79.0 cm³/mol. The minimum absolute atomic E-state index is 0.0288. The van der Waals surface area contributed by atoms with Gasteiger partial charge in [0.25, 0.3) is 0 Å². The lowest BCUT2D eigenvalue weighted by Gasteiger charge is -2.32. The first-order valence-electron chi connectivity index (χ1n) is 6.77. The Morgan fingerprint density at radius 1 is 1.59 bits per heavy atom. The summed E-state index contributed by atoms with van der Waals surface area (Å²) in [7, 11) is 0. The summed E-state index contributed by atoms with van der Waals surface area (Å²) < 4.78 is 18.6. The van der Waals surface area contributed by atoms with Crippen molar-refractivity contribution >= 4 is 17.6 Å². The number of rotatable bonds is 3. The maximum Gasteiger partial charge on any atom is 0.339 e. The van der Waals surface area contributed by atoms with Crippen LogP contribution in [0.2, 0.25) is 5.02 Å². The zero-order valence-electron chi connectivity index (χ0n) is 11.9. The Balaban J connectivity index is 1.82. The number of hydroxylamine groups is 2. The van der Waals surface area contributed by atoms with Gasteiger partial charge in [-0.1, -0.05) is 23.4 Å². The van der Waals surface area contributed by atoms with Crippen LogP contribution in [0.3, 0.4) is 0 Å². The maximum atomic E-state index is 12.9. The van der Waals surface area contributed by atoms with Crippen LogP contribution in [0, 0.1) is 23.6 Å². The van der Waals surface area contributed by atoms with E-state index in [0.717, 1.165) is 0 Å². The molecule has 1 saturated carbocycles. The molecule has 0 heterocycles. The Kier molecular flexibility index (Phi) is 5.11. The minimum Gasteiger partial charge on any atom is -0.489 e. The lowest BCUT2D eigenvalue weighted by molar-refractivity contribution is -0.0537. The number of carbonyl (C=O) groups is 1. The van der Waals surface area contributed by atoms with E-state index in [0.29, 0.717) is 23.7 Å². The van der Waals surface area contributed by atoms with Crippen molar-refractivity contribution in [2.75, 3.05) is 0 Å². The molecule has 7 heteroatoms. The molecule has 1 aliphatic carbocycles. The van der Waals surface area contributed by atoms with Crippen molar-refractivity contribution in [3.05, 3.63) is 29.0 Å². The molecule has 0 aliphatic heterocycles. The number of urea groups is 1. The Labute approximate surface area is 132 Å². The topological polar surface area (TPSA) is 75.8 Å². The smallest absolute Gasteiger partial charge is 0.339 e. The SMILES string of the molecule is CC(C#C[C@H]1C[C@@H](Oc2ccc(F)cc2Cl)C1)N(O)C(N)=O. The fraction of sp³-hybridized carbons (Fsp3) is 0.400. The molecule has 22 heavy (non-hydrogen) atoms. The number of primary amides is 1. The van der Waals surface area contributed by atoms with Crippen molar-refractivity contribution in [1.82, 2.24) is 5.06 Å². The van der Waals surface area contributed by atoms with Gasteiger partial charge < -0.3 is 10.5 Å². The van der Waals surface area contributed by atoms with Crippen LogP contribution in [0.4, 0.5) is 9.18 Å². The number of carbonyl (C=O) groups excluding carboxylic acids is 1. The number of hydrogen-bond acceptors (Lipinski definition) is 3. The highest BCUT2D eigenvalue weighted by atomic mass is 35.5. The summed E-state index contributed by atoms with van der Waals surface area (Å²) in [5.41, 5.74) is 4.93. The summed E-state index contributed by atoms with van der Waals surface area (Å²) in [6.45, 7) is 1.57. The lowest BCUT2D eigenvalue weighted by atomic mass is 9.82. The van der Waals surface area contributed by atoms with E-state index < -0.39 is 17.9 Å². The normalized spacial score (nSPS) is 21.1. The largest absolute Gasteiger partial charge is 0.489 e. The summed E-state index contributed by atoms with van der Waals surface area (Å²) in [6, 6.07) is 2.38. The van der Waals surface area contributed by atoms with Crippen molar-refractivity contribution in [1.29, 1.82) is 0 Å². The second-order valence-electron chi connectivity index (χ2n) is 5.13. The van der Waals surface area contributed by atoms with Crippen LogP contribution in [-0.2, 0) is 0 Å². The molecular formula is C15H16ClFN2O3. The van der Waals surface area contributed by atoms with E-state index in [2.05, 4.69) is 11.8 Å². The Morgan fingerprint density at radius 2 is 2.27 bits per heavy atom. The summed E-state index contributed by atoms with van der Waals surface area (Å²) in [4.78, 5) is 10.8. The van der Waals surface area contributed by atoms with Gasteiger partial charge in [0, 0.05) is 5.92 Å². The number of benzene rings is 1. The number of hydrogen-bond donors (Lipinski definition) is 2. The summed E-state index contributed by atoms with van der Waals surface area (Å²) in [5.74, 6) is 5.88. The van der Waals surface area contributed by atoms with Crippen LogP contribution < -0.4 is 10.5 Å². The molecule has 0 aromatic heterocycles. The second-order valence-corrected chi connectivity index (χ2v) is 5.54. The average molecular weight is 327 g/mol. The van der Waals surface area contributed by atoms with Gasteiger partial charge in [0.05, 0.1) is 5.02 Å². The molecule has 0 spiro atoms. The van der Waals surface area contributed by atoms with Gasteiger partial charge in [-0.3, -0.25) is 5.21 Å². The van der Waals surface area contributed by atoms with E-state index in [1.54, 1.807) is 6.92 Å². The second kappa shape index (κ2) is 6.86. The average Bonchev–Trinajstić information content (AvgIpc) is 2.41. The maximum absolute atomic E-state index is 12.9. The van der Waals surface area contributed by atoms with Gasteiger partial charge in [-0.25, -0.2) is 9.18 Å². The standard InChI is InChI=1S/C15H16ClFN2O3/c1-9(19(21)15(18)20)2-3-10-6-12(7-10)22-14-5-4-11(17)8-13(14)16/h4-5,8-10,12,21H,6-7H2,1H3,(H2,18,20)/t9?,10-,12+. The first-order valence-corrected chi connectivity index (χ1v) is 7.15. The lowest BCUT2D eigenvalue weighted by Crippen LogP contribution is -2.39. The van der Waals surface area contributed by atoms with Gasteiger partial charge in [0.1, 0.15) is 23.7 Å². The van der Waals surface area contributed by atoms with Gasteiger partial charge in [-0.15, -0.1) is 0 Å². The first-order chi connectivity index (χ1) is 10.4. The van der Waals surface area contributed by atoms with Gasteiger partial charge in [-0.2, -0.15) is 5.06 Å². The molecule has 2 rings (SSSR count). The van der Waals surface area contributed by atoms with E-state index in [1.165, 1.54) is 18.2 Å². The number of halogens is 2. The molecule has 118 valence electrons. The van der Waals surface area contributed by atoms with Crippen LogP contribution in [0.5, 0.6) is 5.75 Å². The molecule has 2 amide bonds. The van der Waals surface area contributed by atoms with Crippen molar-refractivity contribution in [3.8, 4) is 17.6 Å². The van der Waals surface area contributed by atoms with Crippen molar-refractivity contribution < 1.29 is 19.1 Å². The predicted octanol–water partition coefficient (Wildman–Crippen LogP) is 2.80. The molecule has 1 unspecified atom stereocenters. The molecule has 5 nitrogen and oxygen atoms in total. The highest BCUT2D eigenvalue weighted by molar-refractivity contribution is 6.32. The Hall–Kier alpha value is -1.97. The van der Waals surface area contributed by atoms with Crippen molar-refractivity contribution in [2.24, 2.45) is 11.7 Å². The molecule has 3 N–H and O–H groups in total. The summed E-state index contributed by atoms with van der Waals surface area (Å²) >= 11 is 5.89. The Bertz CT molecular complexity index is 623. The highest BCUT2D eigenvalue weighted by Crippen LogP contribution is 2.34. The number of nitrogens with two attached hydrogens (primary N) is 1. The van der Waals surface area contributed by atoms with E-state index >= 15 is 0 Å². The van der Waals surface area contributed by atoms with Crippen LogP contribution in [0.1, 0.15) is 19.8 Å². The van der Waals surface area contributed by atoms with Crippen LogP contribution in [0.25, 0.3) is 0 Å². The van der Waals surface area contributed by atoms with E-state index in [4.69, 9.17) is 22.1 Å². The molecule has 1 aromatic rings. The molecule has 1 atom stereocenters. The molecule has 0 saturated heterocycles. The molecule has 0 radical (unpaired) electrons. The molecule has 1 aromatic carbocycles. The third kappa shape index (κ3) is 4.03. The van der Waals surface area contributed by atoms with Crippen molar-refractivity contribution in [3.63, 3.8) is 0 Å². The number of ether oxygens (including phenoxy) is 1. The fourth-order valence-electron chi connectivity index (χ4n) is 2.02. The summed E-state index contributed by atoms with van der Waals surface area (Å²) in [6.07, 6.45) is 1.38. The van der Waals surface area contributed by atoms with Gasteiger partial charge in [-0.05, 0) is 38.0 Å². The van der Waals surface area contributed by atoms with Gasteiger partial charge in [0.15, 0.2) is 0 Å². The van der Waals surface area contributed by atoms with E-state index in [-0.39, 0.29) is 17.0 Å². The number of nitrogens with zero attached hydrogens (tertiary/aromatic N) is 1. The molecule has 0 bridgehead atoms. The van der Waals surface area contributed by atoms with Gasteiger partial charge >= 0.3 is 6.03 Å². The van der Waals surface area contributed by atoms with Crippen LogP contribution in [-0.4, -0.2) is 28.4 Å². The van der Waals surface area contributed by atoms with Gasteiger partial charge in [0.2, 0.25) is 0 Å². The fourth-order valence-corrected chi connectivity index (χ4v) is 2.23. The zero-order valence-corrected chi connectivity index (χ0v) is 12.7. The first kappa shape index (κ1) is 16.4. The third-order valence-electron chi connectivity index (χ3n) is 3.37. The number of amides is 2. The third-order valence-corrected chi connectivity index (χ3v) is 3.67. The summed E-state index contributed by atoms with van der Waals surface area (Å²) in [5, 5.41) is 9.91. The molecule has 1 aliphatic rings. The molecular weight excluding hydrogens is 311 g/mol. The quantitative estimate of drug-likeness (QED) is 0.509.